The number of alkyl halides is 3. The molecule has 37 heavy (non-hydrogen) atoms. The Bertz CT molecular complexity index is 1520. The van der Waals surface area contributed by atoms with Crippen LogP contribution in [0.2, 0.25) is 0 Å². The zero-order valence-corrected chi connectivity index (χ0v) is 22.4. The van der Waals surface area contributed by atoms with Crippen LogP contribution in [0.3, 0.4) is 0 Å². The molecule has 1 amide bonds. The van der Waals surface area contributed by atoms with Crippen LogP contribution in [0.1, 0.15) is 37.7 Å². The molecular weight excluding hydrogens is 531 g/mol. The van der Waals surface area contributed by atoms with Crippen LogP contribution in [0.5, 0.6) is 5.75 Å². The number of para-hydroxylation sites is 1. The van der Waals surface area contributed by atoms with Gasteiger partial charge >= 0.3 is 0 Å². The van der Waals surface area contributed by atoms with Gasteiger partial charge in [-0.25, -0.2) is 0 Å². The molecule has 0 radical (unpaired) electrons. The van der Waals surface area contributed by atoms with Gasteiger partial charge in [0.2, 0.25) is 5.78 Å². The van der Waals surface area contributed by atoms with Crippen molar-refractivity contribution in [2.45, 2.75) is 23.8 Å². The normalized spacial score (nSPS) is 12.9. The van der Waals surface area contributed by atoms with E-state index in [9.17, 15) is 9.59 Å². The molecule has 0 N–H and O–H groups in total. The molecule has 5 rings (SSSR count). The smallest absolute Gasteiger partial charge is 0.263 e. The Balaban J connectivity index is 1.67. The number of ketones is 1. The molecule has 5 nitrogen and oxygen atoms in total. The summed E-state index contributed by atoms with van der Waals surface area (Å²) in [5.74, 6) is -0.352. The number of hydrogen-bond donors (Lipinski definition) is 0. The van der Waals surface area contributed by atoms with Gasteiger partial charge in [0.05, 0.1) is 31.5 Å². The second kappa shape index (κ2) is 9.90. The quantitative estimate of drug-likeness (QED) is 0.198. The largest absolute Gasteiger partial charge is 0.496 e. The molecule has 0 fully saturated rings. The number of ether oxygens (including phenoxy) is 1. The highest BCUT2D eigenvalue weighted by Gasteiger charge is 2.36. The lowest BCUT2D eigenvalue weighted by atomic mass is 9.94. The SMILES string of the molecule is COc1cccc(-c2ccccc2C)c1C(=O)N1Cc2ccc(C(=O)C(Cl)(Cl)Cl)n2Cc2ccccc21. The summed E-state index contributed by atoms with van der Waals surface area (Å²) in [6, 6.07) is 24.6. The summed E-state index contributed by atoms with van der Waals surface area (Å²) in [6.07, 6.45) is 0. The molecule has 2 heterocycles. The standard InChI is InChI=1S/C29H23Cl3N2O3/c1-18-8-3-5-10-21(18)22-11-7-13-25(37-2)26(22)28(36)34-17-20-14-15-24(27(35)29(30,31)32)33(20)16-19-9-4-6-12-23(19)34/h3-15H,16-17H2,1-2H3. The number of fused-ring (bicyclic) bond motifs is 2. The summed E-state index contributed by atoms with van der Waals surface area (Å²) >= 11 is 17.8. The first-order valence-corrected chi connectivity index (χ1v) is 12.8. The summed E-state index contributed by atoms with van der Waals surface area (Å²) < 4.78 is 5.40. The van der Waals surface area contributed by atoms with E-state index in [1.807, 2.05) is 67.6 Å². The maximum absolute atomic E-state index is 14.4. The third-order valence-corrected chi connectivity index (χ3v) is 7.15. The Labute approximate surface area is 230 Å². The van der Waals surface area contributed by atoms with Crippen LogP contribution in [0.4, 0.5) is 5.69 Å². The third-order valence-electron chi connectivity index (χ3n) is 6.63. The van der Waals surface area contributed by atoms with E-state index < -0.39 is 9.58 Å². The number of benzene rings is 3. The molecule has 4 aromatic rings. The van der Waals surface area contributed by atoms with Gasteiger partial charge in [-0.3, -0.25) is 9.59 Å². The van der Waals surface area contributed by atoms with Gasteiger partial charge in [-0.1, -0.05) is 89.4 Å². The lowest BCUT2D eigenvalue weighted by molar-refractivity contribution is 0.0979. The minimum atomic E-state index is -2.09. The van der Waals surface area contributed by atoms with E-state index >= 15 is 0 Å². The number of amides is 1. The van der Waals surface area contributed by atoms with Crippen molar-refractivity contribution < 1.29 is 14.3 Å². The van der Waals surface area contributed by atoms with Crippen molar-refractivity contribution in [2.24, 2.45) is 0 Å². The van der Waals surface area contributed by atoms with Gasteiger partial charge < -0.3 is 14.2 Å². The first-order valence-electron chi connectivity index (χ1n) is 11.6. The van der Waals surface area contributed by atoms with Gasteiger partial charge in [-0.15, -0.1) is 0 Å². The number of rotatable bonds is 4. The highest BCUT2D eigenvalue weighted by atomic mass is 35.6. The van der Waals surface area contributed by atoms with Crippen LogP contribution in [0.15, 0.2) is 78.9 Å². The Morgan fingerprint density at radius 3 is 2.27 bits per heavy atom. The van der Waals surface area contributed by atoms with E-state index in [-0.39, 0.29) is 18.1 Å². The van der Waals surface area contributed by atoms with Crippen molar-refractivity contribution in [3.63, 3.8) is 0 Å². The van der Waals surface area contributed by atoms with Gasteiger partial charge in [-0.05, 0) is 53.4 Å². The molecule has 0 bridgehead atoms. The zero-order valence-electron chi connectivity index (χ0n) is 20.2. The second-order valence-corrected chi connectivity index (χ2v) is 11.1. The fraction of sp³-hybridized carbons (Fsp3) is 0.172. The number of Topliss-reactive ketones (excluding diaryl/α,β-unsaturated/α-hetero) is 1. The minimum Gasteiger partial charge on any atom is -0.496 e. The van der Waals surface area contributed by atoms with Gasteiger partial charge in [0.15, 0.2) is 0 Å². The topological polar surface area (TPSA) is 51.5 Å². The van der Waals surface area contributed by atoms with E-state index in [4.69, 9.17) is 39.5 Å². The van der Waals surface area contributed by atoms with E-state index in [1.165, 1.54) is 0 Å². The lowest BCUT2D eigenvalue weighted by Gasteiger charge is -2.25. The van der Waals surface area contributed by atoms with E-state index in [0.717, 1.165) is 33.6 Å². The molecule has 3 aromatic carbocycles. The number of nitrogens with zero attached hydrogens (tertiary/aromatic N) is 2. The van der Waals surface area contributed by atoms with Crippen molar-refractivity contribution >= 4 is 52.2 Å². The highest BCUT2D eigenvalue weighted by Crippen LogP contribution is 2.38. The van der Waals surface area contributed by atoms with Gasteiger partial charge in [-0.2, -0.15) is 0 Å². The molecule has 1 aliphatic heterocycles. The Kier molecular flexibility index (Phi) is 6.80. The summed E-state index contributed by atoms with van der Waals surface area (Å²) in [6.45, 7) is 2.58. The number of methoxy groups -OCH3 is 1. The molecule has 0 saturated heterocycles. The zero-order chi connectivity index (χ0) is 26.3. The van der Waals surface area contributed by atoms with Gasteiger partial charge in [0, 0.05) is 11.4 Å². The summed E-state index contributed by atoms with van der Waals surface area (Å²) in [7, 11) is 1.56. The number of anilines is 1. The molecule has 0 spiro atoms. The minimum absolute atomic E-state index is 0.216. The molecule has 1 aliphatic rings. The van der Waals surface area contributed by atoms with Crippen LogP contribution in [-0.4, -0.2) is 27.2 Å². The Hall–Kier alpha value is -3.25. The van der Waals surface area contributed by atoms with Crippen LogP contribution in [0, 0.1) is 6.92 Å². The van der Waals surface area contributed by atoms with E-state index in [1.54, 1.807) is 34.8 Å². The van der Waals surface area contributed by atoms with Crippen LogP contribution in [-0.2, 0) is 13.1 Å². The number of carbonyl (C=O) groups is 2. The van der Waals surface area contributed by atoms with Crippen LogP contribution < -0.4 is 9.64 Å². The number of hydrogen-bond acceptors (Lipinski definition) is 3. The molecule has 0 aliphatic carbocycles. The lowest BCUT2D eigenvalue weighted by Crippen LogP contribution is -2.31. The first-order chi connectivity index (χ1) is 17.7. The Morgan fingerprint density at radius 1 is 0.838 bits per heavy atom. The summed E-state index contributed by atoms with van der Waals surface area (Å²) in [5.41, 5.74) is 5.86. The van der Waals surface area contributed by atoms with Gasteiger partial charge in [0.1, 0.15) is 5.75 Å². The molecule has 0 unspecified atom stereocenters. The van der Waals surface area contributed by atoms with E-state index in [0.29, 0.717) is 17.9 Å². The van der Waals surface area contributed by atoms with Crippen LogP contribution in [0.25, 0.3) is 11.1 Å². The highest BCUT2D eigenvalue weighted by molar-refractivity contribution is 6.77. The second-order valence-electron chi connectivity index (χ2n) is 8.84. The molecule has 0 saturated carbocycles. The van der Waals surface area contributed by atoms with Crippen LogP contribution >= 0.6 is 34.8 Å². The average Bonchev–Trinajstić information content (AvgIpc) is 3.19. The number of aromatic nitrogens is 1. The molecule has 8 heteroatoms. The summed E-state index contributed by atoms with van der Waals surface area (Å²) in [5, 5.41) is 0. The molecule has 1 aromatic heterocycles. The van der Waals surface area contributed by atoms with Crippen molar-refractivity contribution in [3.05, 3.63) is 107 Å². The number of aryl methyl sites for hydroxylation is 1. The van der Waals surface area contributed by atoms with Crippen molar-refractivity contribution in [1.82, 2.24) is 4.57 Å². The fourth-order valence-electron chi connectivity index (χ4n) is 4.84. The molecule has 0 atom stereocenters. The van der Waals surface area contributed by atoms with Crippen molar-refractivity contribution in [2.75, 3.05) is 12.0 Å². The van der Waals surface area contributed by atoms with Crippen molar-refractivity contribution in [1.29, 1.82) is 0 Å². The fourth-order valence-corrected chi connectivity index (χ4v) is 5.13. The van der Waals surface area contributed by atoms with E-state index in [2.05, 4.69) is 0 Å². The predicted octanol–water partition coefficient (Wildman–Crippen LogP) is 7.23. The maximum Gasteiger partial charge on any atom is 0.263 e. The molecule has 188 valence electrons. The monoisotopic (exact) mass is 552 g/mol. The third kappa shape index (κ3) is 4.63. The maximum atomic E-state index is 14.4. The first kappa shape index (κ1) is 25.4. The number of halogens is 3. The van der Waals surface area contributed by atoms with Gasteiger partial charge in [0.25, 0.3) is 9.70 Å². The average molecular weight is 554 g/mol. The Morgan fingerprint density at radius 2 is 1.54 bits per heavy atom. The summed E-state index contributed by atoms with van der Waals surface area (Å²) in [4.78, 5) is 29.0. The molecular formula is C29H23Cl3N2O3. The number of carbonyl (C=O) groups excluding carboxylic acids is 2. The predicted molar refractivity (Wildman–Crippen MR) is 148 cm³/mol. The van der Waals surface area contributed by atoms with Crippen molar-refractivity contribution in [3.8, 4) is 16.9 Å².